The van der Waals surface area contributed by atoms with Gasteiger partial charge in [-0.25, -0.2) is 0 Å². The number of hydrogen-bond acceptors (Lipinski definition) is 4. The van der Waals surface area contributed by atoms with Gasteiger partial charge < -0.3 is 20.3 Å². The van der Waals surface area contributed by atoms with E-state index >= 15 is 0 Å². The molecule has 2 bridgehead atoms. The molecule has 0 radical (unpaired) electrons. The molecule has 6 rings (SSSR count). The molecule has 3 amide bonds. The van der Waals surface area contributed by atoms with Gasteiger partial charge in [-0.2, -0.15) is 0 Å². The molecule has 3 heterocycles. The fraction of sp³-hybridized carbons (Fsp3) is 0.516. The molecule has 0 aromatic heterocycles. The number of fused-ring (bicyclic) bond motifs is 1. The van der Waals surface area contributed by atoms with E-state index < -0.39 is 29.6 Å². The van der Waals surface area contributed by atoms with Crippen LogP contribution in [0.4, 0.5) is 5.69 Å². The Morgan fingerprint density at radius 2 is 1.68 bits per heavy atom. The summed E-state index contributed by atoms with van der Waals surface area (Å²) in [4.78, 5) is 43.8. The highest BCUT2D eigenvalue weighted by atomic mass is 35.5. The molecule has 8 atom stereocenters. The number of carbonyl (C=O) groups is 3. The number of carbonyl (C=O) groups excluding carboxylic acids is 3. The summed E-state index contributed by atoms with van der Waals surface area (Å²) >= 11 is 18.4. The van der Waals surface area contributed by atoms with Crippen molar-refractivity contribution in [3.05, 3.63) is 63.1 Å². The van der Waals surface area contributed by atoms with Crippen molar-refractivity contribution in [2.75, 3.05) is 5.32 Å². The Kier molecular flexibility index (Phi) is 7.77. The van der Waals surface area contributed by atoms with Gasteiger partial charge in [-0.05, 0) is 67.0 Å². The van der Waals surface area contributed by atoms with Crippen molar-refractivity contribution >= 4 is 58.2 Å². The molecule has 7 nitrogen and oxygen atoms in total. The highest BCUT2D eigenvalue weighted by molar-refractivity contribution is 6.35. The Balaban J connectivity index is 1.32. The van der Waals surface area contributed by atoms with Crippen LogP contribution in [-0.2, 0) is 25.7 Å². The van der Waals surface area contributed by atoms with Crippen LogP contribution in [0, 0.1) is 23.7 Å². The van der Waals surface area contributed by atoms with E-state index in [4.69, 9.17) is 39.5 Å². The quantitative estimate of drug-likeness (QED) is 0.410. The summed E-state index contributed by atoms with van der Waals surface area (Å²) in [6.45, 7) is 4.62. The zero-order chi connectivity index (χ0) is 29.1. The average molecular weight is 619 g/mol. The van der Waals surface area contributed by atoms with Crippen LogP contribution in [0.25, 0.3) is 0 Å². The van der Waals surface area contributed by atoms with Crippen LogP contribution in [-0.4, -0.2) is 46.4 Å². The molecule has 2 aromatic rings. The third-order valence-electron chi connectivity index (χ3n) is 9.78. The van der Waals surface area contributed by atoms with Crippen molar-refractivity contribution < 1.29 is 19.1 Å². The predicted octanol–water partition coefficient (Wildman–Crippen LogP) is 6.10. The van der Waals surface area contributed by atoms with Crippen LogP contribution < -0.4 is 10.6 Å². The summed E-state index contributed by atoms with van der Waals surface area (Å²) in [7, 11) is 0. The van der Waals surface area contributed by atoms with Crippen LogP contribution in [0.15, 0.2) is 42.5 Å². The van der Waals surface area contributed by atoms with E-state index in [2.05, 4.69) is 24.5 Å². The fourth-order valence-corrected chi connectivity index (χ4v) is 8.26. The number of halogens is 3. The van der Waals surface area contributed by atoms with Gasteiger partial charge in [0.1, 0.15) is 11.6 Å². The summed E-state index contributed by atoms with van der Waals surface area (Å²) in [5, 5.41) is 7.58. The summed E-state index contributed by atoms with van der Waals surface area (Å²) in [6.07, 6.45) is 3.77. The predicted molar refractivity (Wildman–Crippen MR) is 159 cm³/mol. The molecule has 2 N–H and O–H groups in total. The minimum atomic E-state index is -1.07. The Morgan fingerprint density at radius 3 is 2.39 bits per heavy atom. The molecule has 1 saturated carbocycles. The number of rotatable bonds is 6. The highest BCUT2D eigenvalue weighted by Crippen LogP contribution is 2.58. The van der Waals surface area contributed by atoms with E-state index in [9.17, 15) is 14.4 Å². The van der Waals surface area contributed by atoms with E-state index in [1.807, 2.05) is 12.1 Å². The molecule has 1 aliphatic carbocycles. The van der Waals surface area contributed by atoms with Crippen LogP contribution in [0.1, 0.15) is 51.5 Å². The number of nitrogens with zero attached hydrogens (tertiary/aromatic N) is 1. The summed E-state index contributed by atoms with van der Waals surface area (Å²) in [5.41, 5.74) is 0.221. The molecular formula is C31H34Cl3N3O4. The van der Waals surface area contributed by atoms with E-state index in [1.54, 1.807) is 35.2 Å². The fourth-order valence-electron chi connectivity index (χ4n) is 7.61. The molecule has 8 unspecified atom stereocenters. The summed E-state index contributed by atoms with van der Waals surface area (Å²) < 4.78 is 6.57. The number of ether oxygens (including phenoxy) is 1. The zero-order valence-electron chi connectivity index (χ0n) is 23.0. The second-order valence-corrected chi connectivity index (χ2v) is 13.5. The summed E-state index contributed by atoms with van der Waals surface area (Å²) in [5.74, 6) is -1.47. The Hall–Kier alpha value is -2.32. The summed E-state index contributed by atoms with van der Waals surface area (Å²) in [6, 6.07) is 11.2. The molecule has 2 aromatic carbocycles. The van der Waals surface area contributed by atoms with Gasteiger partial charge in [-0.15, -0.1) is 0 Å². The third kappa shape index (κ3) is 5.13. The third-order valence-corrected chi connectivity index (χ3v) is 10.5. The molecule has 218 valence electrons. The van der Waals surface area contributed by atoms with Gasteiger partial charge in [0.2, 0.25) is 17.7 Å². The molecule has 4 aliphatic rings. The lowest BCUT2D eigenvalue weighted by molar-refractivity contribution is -0.142. The average Bonchev–Trinajstić information content (AvgIpc) is 3.55. The minimum absolute atomic E-state index is 0.0273. The van der Waals surface area contributed by atoms with Crippen LogP contribution in [0.3, 0.4) is 0 Å². The number of anilines is 1. The molecule has 3 aliphatic heterocycles. The largest absolute Gasteiger partial charge is 0.367 e. The first kappa shape index (κ1) is 28.8. The van der Waals surface area contributed by atoms with Gasteiger partial charge in [0.15, 0.2) is 0 Å². The number of benzene rings is 2. The molecule has 10 heteroatoms. The van der Waals surface area contributed by atoms with Gasteiger partial charge in [0.05, 0.1) is 17.9 Å². The second-order valence-electron chi connectivity index (χ2n) is 12.2. The number of amides is 3. The first-order valence-electron chi connectivity index (χ1n) is 14.4. The zero-order valence-corrected chi connectivity index (χ0v) is 25.3. The van der Waals surface area contributed by atoms with E-state index in [-0.39, 0.29) is 30.3 Å². The normalized spacial score (nSPS) is 34.0. The van der Waals surface area contributed by atoms with Gasteiger partial charge in [0.25, 0.3) is 0 Å². The maximum Gasteiger partial charge on any atom is 0.246 e. The van der Waals surface area contributed by atoms with Crippen molar-refractivity contribution in [3.63, 3.8) is 0 Å². The van der Waals surface area contributed by atoms with Gasteiger partial charge in [-0.1, -0.05) is 73.6 Å². The Labute approximate surface area is 255 Å². The van der Waals surface area contributed by atoms with Gasteiger partial charge in [-0.3, -0.25) is 14.4 Å². The molecule has 4 fully saturated rings. The Morgan fingerprint density at radius 1 is 0.976 bits per heavy atom. The van der Waals surface area contributed by atoms with Gasteiger partial charge >= 0.3 is 0 Å². The van der Waals surface area contributed by atoms with Crippen molar-refractivity contribution in [1.82, 2.24) is 10.2 Å². The second kappa shape index (κ2) is 11.1. The number of nitrogens with one attached hydrogen (secondary N) is 2. The molecular weight excluding hydrogens is 585 g/mol. The number of likely N-dealkylation sites (tertiary alicyclic amines) is 1. The minimum Gasteiger partial charge on any atom is -0.367 e. The molecule has 1 spiro atoms. The molecule has 3 saturated heterocycles. The monoisotopic (exact) mass is 617 g/mol. The van der Waals surface area contributed by atoms with Crippen molar-refractivity contribution in [2.24, 2.45) is 23.7 Å². The van der Waals surface area contributed by atoms with Gasteiger partial charge in [0, 0.05) is 33.3 Å². The van der Waals surface area contributed by atoms with E-state index in [0.29, 0.717) is 45.4 Å². The molecule has 41 heavy (non-hydrogen) atoms. The standard InChI is InChI=1S/C31H34Cl3N3O4/c1-16-4-3-5-23(17(16)2)36-29(39)27-31-11-10-24(41-31)25(28(38)35-22-13-20(33)12-21(34)14-22)26(31)30(40)37(27)15-18-6-8-19(32)9-7-18/h6-9,12-14,16-17,23-27H,3-5,10-11,15H2,1-2H3,(H,35,38)(H,36,39). The first-order valence-corrected chi connectivity index (χ1v) is 15.5. The van der Waals surface area contributed by atoms with Crippen molar-refractivity contribution in [2.45, 2.75) is 76.3 Å². The maximum atomic E-state index is 14.3. The smallest absolute Gasteiger partial charge is 0.246 e. The Bertz CT molecular complexity index is 1350. The van der Waals surface area contributed by atoms with Crippen LogP contribution in [0.5, 0.6) is 0 Å². The van der Waals surface area contributed by atoms with Crippen molar-refractivity contribution in [3.8, 4) is 0 Å². The van der Waals surface area contributed by atoms with E-state index in [1.165, 1.54) is 0 Å². The van der Waals surface area contributed by atoms with Crippen molar-refractivity contribution in [1.29, 1.82) is 0 Å². The van der Waals surface area contributed by atoms with Crippen LogP contribution in [0.2, 0.25) is 15.1 Å². The topological polar surface area (TPSA) is 87.7 Å². The van der Waals surface area contributed by atoms with E-state index in [0.717, 1.165) is 24.8 Å². The first-order chi connectivity index (χ1) is 19.6. The SMILES string of the molecule is CC1CCCC(NC(=O)C2N(Cc3ccc(Cl)cc3)C(=O)C3C(C(=O)Nc4cc(Cl)cc(Cl)c4)C4CCC32O4)C1C. The maximum absolute atomic E-state index is 14.3. The lowest BCUT2D eigenvalue weighted by Crippen LogP contribution is -2.58. The highest BCUT2D eigenvalue weighted by Gasteiger charge is 2.74. The number of hydrogen-bond donors (Lipinski definition) is 2. The lowest BCUT2D eigenvalue weighted by Gasteiger charge is -2.38. The van der Waals surface area contributed by atoms with Crippen LogP contribution >= 0.6 is 34.8 Å². The lowest BCUT2D eigenvalue weighted by atomic mass is 9.70.